The van der Waals surface area contributed by atoms with Gasteiger partial charge in [0.25, 0.3) is 0 Å². The Morgan fingerprint density at radius 2 is 2.00 bits per heavy atom. The fourth-order valence-corrected chi connectivity index (χ4v) is 4.77. The first-order valence-corrected chi connectivity index (χ1v) is 9.33. The molecule has 0 saturated carbocycles. The van der Waals surface area contributed by atoms with Gasteiger partial charge in [0.2, 0.25) is 0 Å². The van der Waals surface area contributed by atoms with Gasteiger partial charge in [-0.05, 0) is 37.9 Å². The highest BCUT2D eigenvalue weighted by Crippen LogP contribution is 2.37. The minimum absolute atomic E-state index is 0.202. The predicted molar refractivity (Wildman–Crippen MR) is 82.0 cm³/mol. The van der Waals surface area contributed by atoms with Crippen molar-refractivity contribution in [2.45, 2.75) is 24.2 Å². The molecule has 1 aromatic carbocycles. The Morgan fingerprint density at radius 3 is 2.71 bits per heavy atom. The van der Waals surface area contributed by atoms with Crippen LogP contribution in [0.15, 0.2) is 35.2 Å². The number of benzene rings is 1. The predicted octanol–water partition coefficient (Wildman–Crippen LogP) is 1.96. The van der Waals surface area contributed by atoms with Gasteiger partial charge >= 0.3 is 0 Å². The monoisotopic (exact) mass is 309 g/mol. The second-order valence-corrected chi connectivity index (χ2v) is 8.42. The summed E-state index contributed by atoms with van der Waals surface area (Å²) >= 11 is 0. The van der Waals surface area contributed by atoms with Crippen molar-refractivity contribution < 1.29 is 13.2 Å². The van der Waals surface area contributed by atoms with Crippen molar-refractivity contribution >= 4 is 9.84 Å². The fraction of sp³-hybridized carbons (Fsp3) is 0.625. The van der Waals surface area contributed by atoms with Crippen LogP contribution in [-0.2, 0) is 14.6 Å². The zero-order valence-electron chi connectivity index (χ0n) is 12.3. The minimum Gasteiger partial charge on any atom is -0.381 e. The lowest BCUT2D eigenvalue weighted by Gasteiger charge is -2.39. The van der Waals surface area contributed by atoms with E-state index in [4.69, 9.17) is 4.74 Å². The number of ether oxygens (including phenoxy) is 1. The maximum absolute atomic E-state index is 12.3. The molecule has 116 valence electrons. The Kier molecular flexibility index (Phi) is 4.33. The number of likely N-dealkylation sites (tertiary alicyclic amines) is 1. The van der Waals surface area contributed by atoms with Crippen LogP contribution in [0.5, 0.6) is 0 Å². The van der Waals surface area contributed by atoms with E-state index in [1.54, 1.807) is 24.3 Å². The largest absolute Gasteiger partial charge is 0.381 e. The molecule has 0 aliphatic carbocycles. The lowest BCUT2D eigenvalue weighted by molar-refractivity contribution is 0.0720. The first-order valence-electron chi connectivity index (χ1n) is 7.68. The van der Waals surface area contributed by atoms with E-state index in [1.165, 1.54) is 6.42 Å². The van der Waals surface area contributed by atoms with Gasteiger partial charge in [0, 0.05) is 25.1 Å². The van der Waals surface area contributed by atoms with E-state index in [1.807, 2.05) is 6.07 Å². The van der Waals surface area contributed by atoms with Gasteiger partial charge in [-0.3, -0.25) is 0 Å². The van der Waals surface area contributed by atoms with Gasteiger partial charge in [-0.25, -0.2) is 8.42 Å². The molecule has 0 radical (unpaired) electrons. The molecule has 0 aromatic heterocycles. The van der Waals surface area contributed by atoms with E-state index < -0.39 is 9.84 Å². The van der Waals surface area contributed by atoms with Crippen LogP contribution in [0.4, 0.5) is 0 Å². The highest BCUT2D eigenvalue weighted by Gasteiger charge is 2.38. The molecule has 2 fully saturated rings. The number of piperidine rings is 1. The molecule has 2 heterocycles. The van der Waals surface area contributed by atoms with E-state index in [0.29, 0.717) is 11.4 Å². The molecule has 1 atom stereocenters. The SMILES string of the molecule is O=S(=O)(CCN1CCCC2(CCOC2)C1)c1ccccc1. The Bertz CT molecular complexity index is 564. The first kappa shape index (κ1) is 15.0. The fourth-order valence-electron chi connectivity index (χ4n) is 3.47. The van der Waals surface area contributed by atoms with E-state index in [2.05, 4.69) is 4.90 Å². The van der Waals surface area contributed by atoms with Crippen LogP contribution in [0, 0.1) is 5.41 Å². The van der Waals surface area contributed by atoms with Gasteiger partial charge < -0.3 is 9.64 Å². The summed E-state index contributed by atoms with van der Waals surface area (Å²) in [6, 6.07) is 8.75. The van der Waals surface area contributed by atoms with Gasteiger partial charge in [-0.1, -0.05) is 18.2 Å². The normalized spacial score (nSPS) is 27.2. The summed E-state index contributed by atoms with van der Waals surface area (Å²) in [7, 11) is -3.17. The summed E-state index contributed by atoms with van der Waals surface area (Å²) in [4.78, 5) is 2.74. The van der Waals surface area contributed by atoms with Gasteiger partial charge in [0.1, 0.15) is 0 Å². The summed E-state index contributed by atoms with van der Waals surface area (Å²) in [5.74, 6) is 0.202. The second kappa shape index (κ2) is 6.07. The number of hydrogen-bond donors (Lipinski definition) is 0. The zero-order valence-corrected chi connectivity index (χ0v) is 13.1. The molecular weight excluding hydrogens is 286 g/mol. The molecule has 21 heavy (non-hydrogen) atoms. The van der Waals surface area contributed by atoms with Crippen LogP contribution in [0.2, 0.25) is 0 Å². The van der Waals surface area contributed by atoms with Crippen LogP contribution in [0.3, 0.4) is 0 Å². The smallest absolute Gasteiger partial charge is 0.179 e. The van der Waals surface area contributed by atoms with Crippen molar-refractivity contribution in [3.8, 4) is 0 Å². The lowest BCUT2D eigenvalue weighted by Crippen LogP contribution is -2.45. The van der Waals surface area contributed by atoms with Crippen molar-refractivity contribution in [3.05, 3.63) is 30.3 Å². The third-order valence-electron chi connectivity index (χ3n) is 4.70. The van der Waals surface area contributed by atoms with Crippen LogP contribution >= 0.6 is 0 Å². The van der Waals surface area contributed by atoms with Crippen molar-refractivity contribution in [1.82, 2.24) is 4.90 Å². The van der Waals surface area contributed by atoms with Crippen molar-refractivity contribution in [3.63, 3.8) is 0 Å². The van der Waals surface area contributed by atoms with Gasteiger partial charge in [0.05, 0.1) is 17.3 Å². The molecule has 0 amide bonds. The number of sulfone groups is 1. The summed E-state index contributed by atoms with van der Waals surface area (Å²) in [5, 5.41) is 0. The van der Waals surface area contributed by atoms with E-state index in [-0.39, 0.29) is 11.2 Å². The summed E-state index contributed by atoms with van der Waals surface area (Å²) in [6.07, 6.45) is 3.48. The topological polar surface area (TPSA) is 46.6 Å². The van der Waals surface area contributed by atoms with E-state index in [9.17, 15) is 8.42 Å². The van der Waals surface area contributed by atoms with Crippen molar-refractivity contribution in [2.75, 3.05) is 38.6 Å². The number of hydrogen-bond acceptors (Lipinski definition) is 4. The quantitative estimate of drug-likeness (QED) is 0.853. The molecule has 4 nitrogen and oxygen atoms in total. The molecule has 2 aliphatic heterocycles. The average molecular weight is 309 g/mol. The van der Waals surface area contributed by atoms with Crippen molar-refractivity contribution in [1.29, 1.82) is 0 Å². The number of rotatable bonds is 4. The summed E-state index contributed by atoms with van der Waals surface area (Å²) in [5.41, 5.74) is 0.286. The van der Waals surface area contributed by atoms with Gasteiger partial charge in [-0.2, -0.15) is 0 Å². The third-order valence-corrected chi connectivity index (χ3v) is 6.41. The third kappa shape index (κ3) is 3.47. The lowest BCUT2D eigenvalue weighted by atomic mass is 9.79. The molecular formula is C16H23NO3S. The van der Waals surface area contributed by atoms with Crippen molar-refractivity contribution in [2.24, 2.45) is 5.41 Å². The molecule has 1 unspecified atom stereocenters. The molecule has 0 N–H and O–H groups in total. The maximum Gasteiger partial charge on any atom is 0.179 e. The van der Waals surface area contributed by atoms with Crippen LogP contribution in [0.25, 0.3) is 0 Å². The Morgan fingerprint density at radius 1 is 1.19 bits per heavy atom. The maximum atomic E-state index is 12.3. The number of nitrogens with zero attached hydrogens (tertiary/aromatic N) is 1. The van der Waals surface area contributed by atoms with E-state index in [0.717, 1.165) is 39.1 Å². The summed E-state index contributed by atoms with van der Waals surface area (Å²) in [6.45, 7) is 4.31. The molecule has 1 aromatic rings. The van der Waals surface area contributed by atoms with Gasteiger partial charge in [-0.15, -0.1) is 0 Å². The van der Waals surface area contributed by atoms with E-state index >= 15 is 0 Å². The molecule has 5 heteroatoms. The Hall–Kier alpha value is -0.910. The van der Waals surface area contributed by atoms with Gasteiger partial charge in [0.15, 0.2) is 9.84 Å². The molecule has 2 saturated heterocycles. The van der Waals surface area contributed by atoms with Crippen LogP contribution < -0.4 is 0 Å². The zero-order chi connectivity index (χ0) is 14.8. The summed E-state index contributed by atoms with van der Waals surface area (Å²) < 4.78 is 30.2. The molecule has 3 rings (SSSR count). The molecule has 1 spiro atoms. The highest BCUT2D eigenvalue weighted by molar-refractivity contribution is 7.91. The van der Waals surface area contributed by atoms with Crippen LogP contribution in [-0.4, -0.2) is 51.9 Å². The Balaban J connectivity index is 1.60. The standard InChI is InChI=1S/C16H23NO3S/c18-21(19,15-5-2-1-3-6-15)12-10-17-9-4-7-16(13-17)8-11-20-14-16/h1-3,5-6H,4,7-14H2. The highest BCUT2D eigenvalue weighted by atomic mass is 32.2. The average Bonchev–Trinajstić information content (AvgIpc) is 2.94. The molecule has 0 bridgehead atoms. The second-order valence-electron chi connectivity index (χ2n) is 6.31. The minimum atomic E-state index is -3.17. The first-order chi connectivity index (χ1) is 10.1. The molecule has 2 aliphatic rings. The Labute approximate surface area is 127 Å². The van der Waals surface area contributed by atoms with Crippen LogP contribution in [0.1, 0.15) is 19.3 Å².